The summed E-state index contributed by atoms with van der Waals surface area (Å²) in [7, 11) is 1.88. The summed E-state index contributed by atoms with van der Waals surface area (Å²) in [5, 5.41) is 8.79. The van der Waals surface area contributed by atoms with E-state index in [9.17, 15) is 4.79 Å². The van der Waals surface area contributed by atoms with Crippen LogP contribution in [0.15, 0.2) is 29.4 Å². The maximum atomic E-state index is 11.8. The summed E-state index contributed by atoms with van der Waals surface area (Å²) in [6.45, 7) is 2.73. The zero-order chi connectivity index (χ0) is 11.5. The van der Waals surface area contributed by atoms with Crippen LogP contribution in [0, 0.1) is 6.92 Å². The van der Waals surface area contributed by atoms with Gasteiger partial charge in [0, 0.05) is 18.8 Å². The van der Waals surface area contributed by atoms with Crippen LogP contribution >= 0.6 is 0 Å². The van der Waals surface area contributed by atoms with Crippen LogP contribution in [-0.4, -0.2) is 36.8 Å². The van der Waals surface area contributed by atoms with Crippen molar-refractivity contribution in [3.8, 4) is 0 Å². The highest BCUT2D eigenvalue weighted by atomic mass is 16.1. The Hall–Kier alpha value is -1.84. The van der Waals surface area contributed by atoms with E-state index in [0.717, 1.165) is 12.1 Å². The van der Waals surface area contributed by atoms with Crippen LogP contribution in [0.3, 0.4) is 0 Å². The molecule has 16 heavy (non-hydrogen) atoms. The molecule has 0 aliphatic carbocycles. The summed E-state index contributed by atoms with van der Waals surface area (Å²) in [4.78, 5) is 11.8. The fraction of sp³-hybridized carbons (Fsp3) is 0.333. The predicted octanol–water partition coefficient (Wildman–Crippen LogP) is 1.02. The lowest BCUT2D eigenvalue weighted by molar-refractivity contribution is 0.0945. The molecule has 0 saturated carbocycles. The molecule has 0 radical (unpaired) electrons. The Bertz CT molecular complexity index is 411. The van der Waals surface area contributed by atoms with E-state index in [1.54, 1.807) is 11.2 Å². The molecule has 4 nitrogen and oxygen atoms in total. The number of rotatable bonds is 2. The molecule has 0 bridgehead atoms. The molecule has 1 unspecified atom stereocenters. The van der Waals surface area contributed by atoms with Crippen molar-refractivity contribution >= 4 is 12.1 Å². The summed E-state index contributed by atoms with van der Waals surface area (Å²) in [5.74, 6) is -0.0493. The Morgan fingerprint density at radius 3 is 2.69 bits per heavy atom. The van der Waals surface area contributed by atoms with Crippen molar-refractivity contribution in [2.45, 2.75) is 13.0 Å². The van der Waals surface area contributed by atoms with Crippen molar-refractivity contribution < 1.29 is 4.79 Å². The van der Waals surface area contributed by atoms with Gasteiger partial charge in [-0.2, -0.15) is 5.10 Å². The van der Waals surface area contributed by atoms with Gasteiger partial charge in [-0.15, -0.1) is 0 Å². The minimum Gasteiger partial charge on any atom is -0.342 e. The van der Waals surface area contributed by atoms with Gasteiger partial charge in [0.15, 0.2) is 0 Å². The lowest BCUT2D eigenvalue weighted by Gasteiger charge is -2.12. The van der Waals surface area contributed by atoms with Gasteiger partial charge in [-0.25, -0.2) is 0 Å². The quantitative estimate of drug-likeness (QED) is 0.804. The molecule has 84 valence electrons. The second-order valence-corrected chi connectivity index (χ2v) is 4.05. The molecule has 0 saturated heterocycles. The number of aryl methyl sites for hydroxylation is 1. The van der Waals surface area contributed by atoms with Gasteiger partial charge < -0.3 is 5.32 Å². The summed E-state index contributed by atoms with van der Waals surface area (Å²) >= 11 is 0. The fourth-order valence-electron chi connectivity index (χ4n) is 1.61. The highest BCUT2D eigenvalue weighted by Gasteiger charge is 2.17. The minimum atomic E-state index is -0.0493. The topological polar surface area (TPSA) is 44.7 Å². The van der Waals surface area contributed by atoms with Gasteiger partial charge >= 0.3 is 0 Å². The number of carbonyl (C=O) groups excluding carboxylic acids is 1. The van der Waals surface area contributed by atoms with Crippen molar-refractivity contribution in [3.05, 3.63) is 35.4 Å². The Morgan fingerprint density at radius 2 is 2.12 bits per heavy atom. The molecule has 1 atom stereocenters. The average Bonchev–Trinajstić information content (AvgIpc) is 2.65. The molecule has 0 fully saturated rings. The smallest absolute Gasteiger partial charge is 0.251 e. The lowest BCUT2D eigenvalue weighted by atomic mass is 10.1. The maximum absolute atomic E-state index is 11.8. The van der Waals surface area contributed by atoms with E-state index < -0.39 is 0 Å². The fourth-order valence-corrected chi connectivity index (χ4v) is 1.61. The van der Waals surface area contributed by atoms with Crippen molar-refractivity contribution in [3.63, 3.8) is 0 Å². The molecule has 1 aliphatic heterocycles. The molecule has 1 aliphatic rings. The van der Waals surface area contributed by atoms with Crippen molar-refractivity contribution in [2.24, 2.45) is 5.10 Å². The number of hydrogen-bond acceptors (Lipinski definition) is 3. The van der Waals surface area contributed by atoms with Gasteiger partial charge in [-0.1, -0.05) is 17.7 Å². The largest absolute Gasteiger partial charge is 0.342 e. The van der Waals surface area contributed by atoms with Gasteiger partial charge in [-0.3, -0.25) is 9.80 Å². The zero-order valence-electron chi connectivity index (χ0n) is 9.47. The molecular weight excluding hydrogens is 202 g/mol. The normalized spacial score (nSPS) is 18.9. The third-order valence-electron chi connectivity index (χ3n) is 2.53. The highest BCUT2D eigenvalue weighted by molar-refractivity contribution is 5.96. The number of hydrogen-bond donors (Lipinski definition) is 1. The monoisotopic (exact) mass is 217 g/mol. The first kappa shape index (κ1) is 10.7. The number of nitrogens with zero attached hydrogens (tertiary/aromatic N) is 2. The van der Waals surface area contributed by atoms with E-state index in [0.29, 0.717) is 5.56 Å². The third kappa shape index (κ3) is 2.39. The lowest BCUT2D eigenvalue weighted by Crippen LogP contribution is -2.38. The van der Waals surface area contributed by atoms with Gasteiger partial charge in [0.2, 0.25) is 0 Å². The van der Waals surface area contributed by atoms with Crippen LogP contribution in [-0.2, 0) is 0 Å². The molecule has 1 amide bonds. The van der Waals surface area contributed by atoms with Crippen LogP contribution in [0.1, 0.15) is 15.9 Å². The molecule has 1 aromatic carbocycles. The first-order chi connectivity index (χ1) is 7.65. The van der Waals surface area contributed by atoms with Crippen molar-refractivity contribution in [1.82, 2.24) is 10.3 Å². The maximum Gasteiger partial charge on any atom is 0.251 e. The molecular formula is C12H15N3O. The average molecular weight is 217 g/mol. The van der Waals surface area contributed by atoms with Gasteiger partial charge in [0.25, 0.3) is 5.91 Å². The van der Waals surface area contributed by atoms with Gasteiger partial charge in [0.05, 0.1) is 12.6 Å². The number of benzene rings is 1. The Morgan fingerprint density at radius 1 is 1.44 bits per heavy atom. The second-order valence-electron chi connectivity index (χ2n) is 4.05. The van der Waals surface area contributed by atoms with Crippen LogP contribution < -0.4 is 5.32 Å². The van der Waals surface area contributed by atoms with Gasteiger partial charge in [-0.05, 0) is 19.1 Å². The highest BCUT2D eigenvalue weighted by Crippen LogP contribution is 2.04. The van der Waals surface area contributed by atoms with Crippen LogP contribution in [0.4, 0.5) is 0 Å². The molecule has 1 heterocycles. The molecule has 1 N–H and O–H groups in total. The number of amides is 1. The number of hydrazone groups is 1. The standard InChI is InChI=1S/C12H15N3O/c1-9-3-5-10(6-4-9)12(16)14-11-7-13-15(2)8-11/h3-7,11H,8H2,1-2H3,(H,14,16). The number of carbonyl (C=O) groups is 1. The molecule has 4 heteroatoms. The molecule has 1 aromatic rings. The second kappa shape index (κ2) is 4.35. The van der Waals surface area contributed by atoms with E-state index >= 15 is 0 Å². The van der Waals surface area contributed by atoms with E-state index in [4.69, 9.17) is 0 Å². The van der Waals surface area contributed by atoms with Crippen LogP contribution in [0.2, 0.25) is 0 Å². The summed E-state index contributed by atoms with van der Waals surface area (Å²) in [5.41, 5.74) is 1.84. The SMILES string of the molecule is Cc1ccc(C(=O)NC2C=NN(C)C2)cc1. The Balaban J connectivity index is 1.98. The summed E-state index contributed by atoms with van der Waals surface area (Å²) in [6, 6.07) is 7.55. The number of likely N-dealkylation sites (N-methyl/N-ethyl adjacent to an activating group) is 1. The molecule has 0 aromatic heterocycles. The van der Waals surface area contributed by atoms with Crippen molar-refractivity contribution in [1.29, 1.82) is 0 Å². The van der Waals surface area contributed by atoms with Crippen LogP contribution in [0.25, 0.3) is 0 Å². The Kier molecular flexibility index (Phi) is 2.90. The van der Waals surface area contributed by atoms with Crippen molar-refractivity contribution in [2.75, 3.05) is 13.6 Å². The van der Waals surface area contributed by atoms with E-state index in [1.165, 1.54) is 0 Å². The third-order valence-corrected chi connectivity index (χ3v) is 2.53. The van der Waals surface area contributed by atoms with E-state index in [2.05, 4.69) is 10.4 Å². The summed E-state index contributed by atoms with van der Waals surface area (Å²) < 4.78 is 0. The van der Waals surface area contributed by atoms with Gasteiger partial charge in [0.1, 0.15) is 0 Å². The molecule has 2 rings (SSSR count). The summed E-state index contributed by atoms with van der Waals surface area (Å²) in [6.07, 6.45) is 1.76. The zero-order valence-corrected chi connectivity index (χ0v) is 9.47. The van der Waals surface area contributed by atoms with E-state index in [-0.39, 0.29) is 11.9 Å². The predicted molar refractivity (Wildman–Crippen MR) is 63.6 cm³/mol. The first-order valence-electron chi connectivity index (χ1n) is 5.28. The van der Waals surface area contributed by atoms with E-state index in [1.807, 2.05) is 38.2 Å². The Labute approximate surface area is 95.0 Å². The van der Waals surface area contributed by atoms with Crippen LogP contribution in [0.5, 0.6) is 0 Å². The molecule has 0 spiro atoms. The number of nitrogens with one attached hydrogen (secondary N) is 1. The minimum absolute atomic E-state index is 0.0128. The first-order valence-corrected chi connectivity index (χ1v) is 5.28.